The summed E-state index contributed by atoms with van der Waals surface area (Å²) < 4.78 is 5.76. The summed E-state index contributed by atoms with van der Waals surface area (Å²) in [5.41, 5.74) is 2.13. The molecule has 2 N–H and O–H groups in total. The predicted octanol–water partition coefficient (Wildman–Crippen LogP) is 2.60. The van der Waals surface area contributed by atoms with E-state index in [-0.39, 0.29) is 0 Å². The molecule has 0 bridgehead atoms. The average Bonchev–Trinajstić information content (AvgIpc) is 2.71. The summed E-state index contributed by atoms with van der Waals surface area (Å²) in [6.07, 6.45) is 0. The molecule has 1 aromatic carbocycles. The standard InChI is InChI=1S/C13H14ClNO/c1-9-11(4-3-5-12(9)14)13-7-6-10(16-13)8-15-2/h3-7,15H,8H2,1-2H3/p+1. The second kappa shape index (κ2) is 4.73. The zero-order chi connectivity index (χ0) is 11.5. The minimum atomic E-state index is 0.775. The molecule has 0 atom stereocenters. The number of nitrogens with two attached hydrogens (primary N) is 1. The first-order chi connectivity index (χ1) is 7.72. The highest BCUT2D eigenvalue weighted by molar-refractivity contribution is 6.31. The molecule has 16 heavy (non-hydrogen) atoms. The van der Waals surface area contributed by atoms with Gasteiger partial charge in [0.1, 0.15) is 12.3 Å². The van der Waals surface area contributed by atoms with Crippen LogP contribution in [-0.2, 0) is 6.54 Å². The molecular weight excluding hydrogens is 222 g/mol. The number of furan rings is 1. The lowest BCUT2D eigenvalue weighted by molar-refractivity contribution is -0.645. The number of quaternary nitrogens is 1. The third kappa shape index (κ3) is 2.13. The van der Waals surface area contributed by atoms with E-state index in [2.05, 4.69) is 5.32 Å². The Bertz CT molecular complexity index is 490. The predicted molar refractivity (Wildman–Crippen MR) is 65.4 cm³/mol. The summed E-state index contributed by atoms with van der Waals surface area (Å²) in [6.45, 7) is 2.87. The summed E-state index contributed by atoms with van der Waals surface area (Å²) in [4.78, 5) is 0. The van der Waals surface area contributed by atoms with Crippen LogP contribution in [-0.4, -0.2) is 7.05 Å². The van der Waals surface area contributed by atoms with Crippen molar-refractivity contribution in [2.24, 2.45) is 0 Å². The Morgan fingerprint density at radius 3 is 2.81 bits per heavy atom. The number of hydrogen-bond acceptors (Lipinski definition) is 1. The lowest BCUT2D eigenvalue weighted by atomic mass is 10.1. The molecule has 0 spiro atoms. The van der Waals surface area contributed by atoms with Crippen molar-refractivity contribution in [3.63, 3.8) is 0 Å². The highest BCUT2D eigenvalue weighted by atomic mass is 35.5. The van der Waals surface area contributed by atoms with Gasteiger partial charge in [0, 0.05) is 10.6 Å². The van der Waals surface area contributed by atoms with Crippen LogP contribution in [0.3, 0.4) is 0 Å². The van der Waals surface area contributed by atoms with Crippen LogP contribution in [0.15, 0.2) is 34.7 Å². The quantitative estimate of drug-likeness (QED) is 0.872. The highest BCUT2D eigenvalue weighted by Crippen LogP contribution is 2.29. The number of halogens is 1. The fourth-order valence-corrected chi connectivity index (χ4v) is 1.88. The largest absolute Gasteiger partial charge is 0.455 e. The van der Waals surface area contributed by atoms with Gasteiger partial charge in [-0.2, -0.15) is 0 Å². The minimum Gasteiger partial charge on any atom is -0.455 e. The van der Waals surface area contributed by atoms with Gasteiger partial charge in [-0.1, -0.05) is 23.7 Å². The van der Waals surface area contributed by atoms with E-state index in [4.69, 9.17) is 16.0 Å². The van der Waals surface area contributed by atoms with Crippen LogP contribution in [0.4, 0.5) is 0 Å². The van der Waals surface area contributed by atoms with E-state index in [1.54, 1.807) is 0 Å². The zero-order valence-corrected chi connectivity index (χ0v) is 10.2. The lowest BCUT2D eigenvalue weighted by Crippen LogP contribution is -2.77. The first-order valence-corrected chi connectivity index (χ1v) is 5.72. The van der Waals surface area contributed by atoms with Gasteiger partial charge in [0.2, 0.25) is 0 Å². The third-order valence-corrected chi connectivity index (χ3v) is 3.01. The van der Waals surface area contributed by atoms with Gasteiger partial charge in [-0.15, -0.1) is 0 Å². The molecular formula is C13H15ClNO+. The van der Waals surface area contributed by atoms with E-state index in [9.17, 15) is 0 Å². The fourth-order valence-electron chi connectivity index (χ4n) is 1.71. The Morgan fingerprint density at radius 1 is 1.25 bits per heavy atom. The molecule has 2 nitrogen and oxygen atoms in total. The molecule has 84 valence electrons. The van der Waals surface area contributed by atoms with Gasteiger partial charge >= 0.3 is 0 Å². The van der Waals surface area contributed by atoms with Crippen molar-refractivity contribution < 1.29 is 9.73 Å². The van der Waals surface area contributed by atoms with Crippen molar-refractivity contribution in [2.75, 3.05) is 7.05 Å². The van der Waals surface area contributed by atoms with Crippen molar-refractivity contribution in [3.05, 3.63) is 46.7 Å². The topological polar surface area (TPSA) is 29.8 Å². The monoisotopic (exact) mass is 236 g/mol. The molecule has 0 aliphatic rings. The number of hydrogen-bond donors (Lipinski definition) is 1. The zero-order valence-electron chi connectivity index (χ0n) is 9.46. The fraction of sp³-hybridized carbons (Fsp3) is 0.231. The van der Waals surface area contributed by atoms with Gasteiger partial charge in [0.05, 0.1) is 7.05 Å². The van der Waals surface area contributed by atoms with E-state index in [0.717, 1.165) is 34.2 Å². The van der Waals surface area contributed by atoms with Crippen molar-refractivity contribution in [2.45, 2.75) is 13.5 Å². The van der Waals surface area contributed by atoms with E-state index in [0.29, 0.717) is 0 Å². The SMILES string of the molecule is C[NH2+]Cc1ccc(-c2cccc(Cl)c2C)o1. The van der Waals surface area contributed by atoms with E-state index < -0.39 is 0 Å². The molecule has 0 amide bonds. The smallest absolute Gasteiger partial charge is 0.158 e. The molecule has 0 saturated heterocycles. The summed E-state index contributed by atoms with van der Waals surface area (Å²) >= 11 is 6.08. The molecule has 2 aromatic rings. The lowest BCUT2D eigenvalue weighted by Gasteiger charge is -2.03. The first-order valence-electron chi connectivity index (χ1n) is 5.34. The molecule has 3 heteroatoms. The Kier molecular flexibility index (Phi) is 3.32. The molecule has 0 fully saturated rings. The van der Waals surface area contributed by atoms with Crippen molar-refractivity contribution >= 4 is 11.6 Å². The molecule has 1 heterocycles. The summed E-state index contributed by atoms with van der Waals surface area (Å²) in [5, 5.41) is 2.85. The Morgan fingerprint density at radius 2 is 2.06 bits per heavy atom. The molecule has 1 aromatic heterocycles. The van der Waals surface area contributed by atoms with E-state index >= 15 is 0 Å². The van der Waals surface area contributed by atoms with Crippen LogP contribution < -0.4 is 5.32 Å². The number of benzene rings is 1. The van der Waals surface area contributed by atoms with Crippen molar-refractivity contribution in [1.82, 2.24) is 0 Å². The Balaban J connectivity index is 2.39. The first kappa shape index (κ1) is 11.2. The maximum absolute atomic E-state index is 6.08. The summed E-state index contributed by atoms with van der Waals surface area (Å²) in [6, 6.07) is 9.87. The Labute approximate surface area is 100 Å². The highest BCUT2D eigenvalue weighted by Gasteiger charge is 2.09. The van der Waals surface area contributed by atoms with Crippen LogP contribution in [0.1, 0.15) is 11.3 Å². The second-order valence-corrected chi connectivity index (χ2v) is 4.20. The van der Waals surface area contributed by atoms with Crippen LogP contribution in [0, 0.1) is 6.92 Å². The van der Waals surface area contributed by atoms with Gasteiger partial charge in [0.15, 0.2) is 5.76 Å². The van der Waals surface area contributed by atoms with Gasteiger partial charge in [0.25, 0.3) is 0 Å². The third-order valence-electron chi connectivity index (χ3n) is 2.60. The maximum Gasteiger partial charge on any atom is 0.158 e. The molecule has 0 radical (unpaired) electrons. The van der Waals surface area contributed by atoms with Crippen LogP contribution in [0.25, 0.3) is 11.3 Å². The summed E-state index contributed by atoms with van der Waals surface area (Å²) in [7, 11) is 2.02. The maximum atomic E-state index is 6.08. The van der Waals surface area contributed by atoms with Crippen molar-refractivity contribution in [1.29, 1.82) is 0 Å². The molecule has 2 rings (SSSR count). The van der Waals surface area contributed by atoms with E-state index in [1.165, 1.54) is 0 Å². The van der Waals surface area contributed by atoms with Crippen LogP contribution >= 0.6 is 11.6 Å². The molecule has 0 aliphatic carbocycles. The van der Waals surface area contributed by atoms with Crippen LogP contribution in [0.2, 0.25) is 5.02 Å². The van der Waals surface area contributed by atoms with E-state index in [1.807, 2.05) is 44.3 Å². The minimum absolute atomic E-state index is 0.775. The van der Waals surface area contributed by atoms with Crippen molar-refractivity contribution in [3.8, 4) is 11.3 Å². The van der Waals surface area contributed by atoms with Gasteiger partial charge in [-0.05, 0) is 30.7 Å². The normalized spacial score (nSPS) is 10.7. The second-order valence-electron chi connectivity index (χ2n) is 3.79. The molecule has 0 saturated carbocycles. The molecule has 0 unspecified atom stereocenters. The Hall–Kier alpha value is -1.25. The number of rotatable bonds is 3. The van der Waals surface area contributed by atoms with Gasteiger partial charge in [-0.3, -0.25) is 0 Å². The van der Waals surface area contributed by atoms with Gasteiger partial charge < -0.3 is 9.73 Å². The van der Waals surface area contributed by atoms with Gasteiger partial charge in [-0.25, -0.2) is 0 Å². The van der Waals surface area contributed by atoms with Crippen LogP contribution in [0.5, 0.6) is 0 Å². The summed E-state index contributed by atoms with van der Waals surface area (Å²) in [5.74, 6) is 1.87. The molecule has 0 aliphatic heterocycles. The average molecular weight is 237 g/mol.